The molecule has 0 aliphatic heterocycles. The number of hydrogen-bond acceptors (Lipinski definition) is 4. The third-order valence-electron chi connectivity index (χ3n) is 0.507. The Labute approximate surface area is 52.4 Å². The first-order valence-electron chi connectivity index (χ1n) is 2.26. The summed E-state index contributed by atoms with van der Waals surface area (Å²) in [6.45, 7) is 3.44. The Kier molecular flexibility index (Phi) is 4.12. The number of rotatable bonds is 3. The van der Waals surface area contributed by atoms with E-state index < -0.39 is 5.97 Å². The average molecular weight is 129 g/mol. The molecule has 0 atom stereocenters. The van der Waals surface area contributed by atoms with Crippen LogP contribution in [0.4, 0.5) is 0 Å². The van der Waals surface area contributed by atoms with Crippen molar-refractivity contribution in [1.29, 1.82) is 0 Å². The summed E-state index contributed by atoms with van der Waals surface area (Å²) in [6.07, 6.45) is 2.09. The normalized spacial score (nSPS) is 9.33. The molecule has 0 heterocycles. The Hall–Kier alpha value is -1.32. The summed E-state index contributed by atoms with van der Waals surface area (Å²) in [5.41, 5.74) is 0. The molecule has 1 N–H and O–H groups in total. The molecule has 9 heavy (non-hydrogen) atoms. The van der Waals surface area contributed by atoms with Crippen LogP contribution in [-0.4, -0.2) is 24.0 Å². The van der Waals surface area contributed by atoms with Crippen LogP contribution in [0, 0.1) is 0 Å². The van der Waals surface area contributed by atoms with Crippen LogP contribution in [-0.2, 0) is 9.53 Å². The van der Waals surface area contributed by atoms with Crippen molar-refractivity contribution in [3.05, 3.63) is 12.7 Å². The van der Waals surface area contributed by atoms with Gasteiger partial charge in [0, 0.05) is 0 Å². The van der Waals surface area contributed by atoms with Crippen LogP contribution in [0.25, 0.3) is 0 Å². The minimum Gasteiger partial charge on any atom is -0.457 e. The summed E-state index contributed by atoms with van der Waals surface area (Å²) >= 11 is 0. The van der Waals surface area contributed by atoms with E-state index in [1.807, 2.05) is 0 Å². The molecule has 0 aromatic rings. The van der Waals surface area contributed by atoms with E-state index in [-0.39, 0.29) is 6.61 Å². The Bertz CT molecular complexity index is 130. The second kappa shape index (κ2) is 4.83. The van der Waals surface area contributed by atoms with Gasteiger partial charge in [-0.3, -0.25) is 0 Å². The summed E-state index contributed by atoms with van der Waals surface area (Å²) in [5.74, 6) is -0.683. The van der Waals surface area contributed by atoms with Crippen molar-refractivity contribution in [1.82, 2.24) is 0 Å². The molecule has 0 bridgehead atoms. The van der Waals surface area contributed by atoms with Crippen molar-refractivity contribution >= 4 is 12.2 Å². The fourth-order valence-electron chi connectivity index (χ4n) is 0.225. The second-order valence-corrected chi connectivity index (χ2v) is 1.16. The molecule has 0 radical (unpaired) electrons. The zero-order valence-electron chi connectivity index (χ0n) is 4.78. The lowest BCUT2D eigenvalue weighted by molar-refractivity contribution is -0.133. The van der Waals surface area contributed by atoms with Gasteiger partial charge in [0.15, 0.2) is 6.21 Å². The van der Waals surface area contributed by atoms with Crippen LogP contribution in [0.15, 0.2) is 17.8 Å². The third kappa shape index (κ3) is 4.53. The Morgan fingerprint density at radius 1 is 1.89 bits per heavy atom. The molecule has 0 rings (SSSR count). The van der Waals surface area contributed by atoms with E-state index in [2.05, 4.69) is 16.5 Å². The first-order valence-corrected chi connectivity index (χ1v) is 2.26. The lowest BCUT2D eigenvalue weighted by atomic mass is 10.7. The quantitative estimate of drug-likeness (QED) is 0.194. The van der Waals surface area contributed by atoms with Gasteiger partial charge in [0.25, 0.3) is 0 Å². The number of oxime groups is 1. The standard InChI is InChI=1S/C5H7NO3/c1-2-3-9-5(7)4-6-8/h2,4,8H,1,3H2/b6-4+. The number of carbonyl (C=O) groups excluding carboxylic acids is 1. The Balaban J connectivity index is 3.38. The predicted octanol–water partition coefficient (Wildman–Crippen LogP) is 0.176. The molecule has 4 heteroatoms. The Morgan fingerprint density at radius 2 is 2.56 bits per heavy atom. The van der Waals surface area contributed by atoms with Crippen LogP contribution in [0.2, 0.25) is 0 Å². The summed E-state index contributed by atoms with van der Waals surface area (Å²) in [5, 5.41) is 10.2. The van der Waals surface area contributed by atoms with Crippen molar-refractivity contribution in [2.24, 2.45) is 5.16 Å². The van der Waals surface area contributed by atoms with Crippen LogP contribution in [0.5, 0.6) is 0 Å². The number of nitrogens with zero attached hydrogens (tertiary/aromatic N) is 1. The maximum absolute atomic E-state index is 10.2. The highest BCUT2D eigenvalue weighted by atomic mass is 16.5. The first kappa shape index (κ1) is 7.68. The van der Waals surface area contributed by atoms with E-state index in [9.17, 15) is 4.79 Å². The third-order valence-corrected chi connectivity index (χ3v) is 0.507. The van der Waals surface area contributed by atoms with Crippen LogP contribution < -0.4 is 0 Å². The maximum atomic E-state index is 10.2. The molecule has 0 spiro atoms. The van der Waals surface area contributed by atoms with Crippen LogP contribution in [0.1, 0.15) is 0 Å². The molecule has 0 aliphatic rings. The molecular weight excluding hydrogens is 122 g/mol. The van der Waals surface area contributed by atoms with E-state index in [4.69, 9.17) is 5.21 Å². The summed E-state index contributed by atoms with van der Waals surface area (Å²) in [4.78, 5) is 10.2. The molecule has 0 fully saturated rings. The van der Waals surface area contributed by atoms with E-state index >= 15 is 0 Å². The van der Waals surface area contributed by atoms with Gasteiger partial charge in [0.05, 0.1) is 0 Å². The topological polar surface area (TPSA) is 58.9 Å². The molecule has 0 saturated heterocycles. The van der Waals surface area contributed by atoms with Crippen LogP contribution in [0.3, 0.4) is 0 Å². The summed E-state index contributed by atoms with van der Waals surface area (Å²) in [7, 11) is 0. The lowest BCUT2D eigenvalue weighted by Crippen LogP contribution is -2.04. The first-order chi connectivity index (χ1) is 4.31. The van der Waals surface area contributed by atoms with E-state index in [1.165, 1.54) is 6.08 Å². The van der Waals surface area contributed by atoms with E-state index in [1.54, 1.807) is 0 Å². The maximum Gasteiger partial charge on any atom is 0.353 e. The highest BCUT2D eigenvalue weighted by molar-refractivity contribution is 6.22. The van der Waals surface area contributed by atoms with Gasteiger partial charge in [-0.25, -0.2) is 4.79 Å². The summed E-state index contributed by atoms with van der Waals surface area (Å²) in [6, 6.07) is 0. The zero-order chi connectivity index (χ0) is 7.11. The predicted molar refractivity (Wildman–Crippen MR) is 31.4 cm³/mol. The highest BCUT2D eigenvalue weighted by Gasteiger charge is 1.92. The highest BCUT2D eigenvalue weighted by Crippen LogP contribution is 1.73. The van der Waals surface area contributed by atoms with Gasteiger partial charge in [0.2, 0.25) is 0 Å². The smallest absolute Gasteiger partial charge is 0.353 e. The fourth-order valence-corrected chi connectivity index (χ4v) is 0.225. The molecule has 0 aromatic heterocycles. The fraction of sp³-hybridized carbons (Fsp3) is 0.200. The van der Waals surface area contributed by atoms with E-state index in [0.717, 1.165) is 0 Å². The van der Waals surface area contributed by atoms with Crippen molar-refractivity contribution in [2.45, 2.75) is 0 Å². The van der Waals surface area contributed by atoms with Crippen molar-refractivity contribution < 1.29 is 14.7 Å². The largest absolute Gasteiger partial charge is 0.457 e. The molecule has 50 valence electrons. The Morgan fingerprint density at radius 3 is 3.00 bits per heavy atom. The molecule has 0 saturated carbocycles. The van der Waals surface area contributed by atoms with Gasteiger partial charge in [0.1, 0.15) is 6.61 Å². The van der Waals surface area contributed by atoms with Crippen LogP contribution >= 0.6 is 0 Å². The van der Waals surface area contributed by atoms with Crippen molar-refractivity contribution in [2.75, 3.05) is 6.61 Å². The molecule has 0 unspecified atom stereocenters. The van der Waals surface area contributed by atoms with Gasteiger partial charge < -0.3 is 9.94 Å². The number of esters is 1. The average Bonchev–Trinajstić information content (AvgIpc) is 1.85. The number of ether oxygens (including phenoxy) is 1. The van der Waals surface area contributed by atoms with Crippen molar-refractivity contribution in [3.8, 4) is 0 Å². The molecule has 0 amide bonds. The van der Waals surface area contributed by atoms with Gasteiger partial charge in [-0.15, -0.1) is 0 Å². The second-order valence-electron chi connectivity index (χ2n) is 1.16. The van der Waals surface area contributed by atoms with Crippen molar-refractivity contribution in [3.63, 3.8) is 0 Å². The zero-order valence-corrected chi connectivity index (χ0v) is 4.78. The number of hydrogen-bond donors (Lipinski definition) is 1. The van der Waals surface area contributed by atoms with E-state index in [0.29, 0.717) is 6.21 Å². The molecular formula is C5H7NO3. The monoisotopic (exact) mass is 129 g/mol. The van der Waals surface area contributed by atoms with Gasteiger partial charge >= 0.3 is 5.97 Å². The number of carbonyl (C=O) groups is 1. The molecule has 4 nitrogen and oxygen atoms in total. The van der Waals surface area contributed by atoms with Gasteiger partial charge in [-0.05, 0) is 0 Å². The van der Waals surface area contributed by atoms with Gasteiger partial charge in [-0.1, -0.05) is 17.8 Å². The SMILES string of the molecule is C=CCOC(=O)/C=N/O. The minimum absolute atomic E-state index is 0.130. The van der Waals surface area contributed by atoms with Gasteiger partial charge in [-0.2, -0.15) is 0 Å². The molecule has 0 aliphatic carbocycles. The summed E-state index contributed by atoms with van der Waals surface area (Å²) < 4.78 is 4.37. The lowest BCUT2D eigenvalue weighted by Gasteiger charge is -1.91. The molecule has 0 aromatic carbocycles. The minimum atomic E-state index is -0.683.